The van der Waals surface area contributed by atoms with Gasteiger partial charge in [-0.3, -0.25) is 4.90 Å². The number of likely N-dealkylation sites (tertiary alicyclic amines) is 1. The molecule has 1 saturated heterocycles. The Bertz CT molecular complexity index is 1080. The first-order valence-electron chi connectivity index (χ1n) is 9.98. The molecule has 1 aromatic carbocycles. The minimum Gasteiger partial charge on any atom is -0.398 e. The molecular weight excluding hydrogens is 384 g/mol. The highest BCUT2D eigenvalue weighted by atomic mass is 32.1. The van der Waals surface area contributed by atoms with Crippen LogP contribution in [0.1, 0.15) is 28.8 Å². The summed E-state index contributed by atoms with van der Waals surface area (Å²) in [5.74, 6) is 1.07. The number of nitrogens with zero attached hydrogens (tertiary/aromatic N) is 3. The van der Waals surface area contributed by atoms with Crippen molar-refractivity contribution in [3.05, 3.63) is 40.5 Å². The predicted molar refractivity (Wildman–Crippen MR) is 117 cm³/mol. The maximum absolute atomic E-state index is 10.7. The molecule has 5 N–H and O–H groups in total. The molecule has 5 rings (SSSR count). The third-order valence-corrected chi connectivity index (χ3v) is 7.24. The molecule has 0 saturated carbocycles. The van der Waals surface area contributed by atoms with Crippen molar-refractivity contribution in [3.63, 3.8) is 0 Å². The van der Waals surface area contributed by atoms with Crippen LogP contribution in [0.25, 0.3) is 10.2 Å². The summed E-state index contributed by atoms with van der Waals surface area (Å²) in [6.07, 6.45) is 6.51. The molecule has 1 aliphatic heterocycles. The Balaban J connectivity index is 1.46. The van der Waals surface area contributed by atoms with E-state index >= 15 is 0 Å². The molecule has 7 nitrogen and oxygen atoms in total. The number of aromatic nitrogens is 2. The van der Waals surface area contributed by atoms with E-state index in [1.54, 1.807) is 23.7 Å². The molecule has 1 unspecified atom stereocenters. The van der Waals surface area contributed by atoms with Crippen LogP contribution in [0, 0.1) is 11.3 Å². The lowest BCUT2D eigenvalue weighted by atomic mass is 9.85. The number of aliphatic hydroxyl groups is 1. The van der Waals surface area contributed by atoms with E-state index in [2.05, 4.69) is 20.2 Å². The number of thiophene rings is 1. The maximum atomic E-state index is 10.7. The van der Waals surface area contributed by atoms with Crippen LogP contribution in [0.15, 0.2) is 24.5 Å². The lowest BCUT2D eigenvalue weighted by Crippen LogP contribution is -2.49. The summed E-state index contributed by atoms with van der Waals surface area (Å²) in [7, 11) is 0. The number of nitrogen functional groups attached to an aromatic ring is 1. The molecule has 0 bridgehead atoms. The van der Waals surface area contributed by atoms with E-state index in [0.717, 1.165) is 54.1 Å². The Hall–Kier alpha value is -2.55. The molecule has 3 aromatic rings. The van der Waals surface area contributed by atoms with Gasteiger partial charge in [-0.1, -0.05) is 0 Å². The van der Waals surface area contributed by atoms with Gasteiger partial charge in [0.15, 0.2) is 0 Å². The highest BCUT2D eigenvalue weighted by molar-refractivity contribution is 7.19. The number of fused-ring (bicyclic) bond motifs is 3. The average molecular weight is 409 g/mol. The van der Waals surface area contributed by atoms with Crippen molar-refractivity contribution in [2.45, 2.75) is 31.9 Å². The number of hydrogen-bond donors (Lipinski definition) is 4. The first-order chi connectivity index (χ1) is 14.1. The Morgan fingerprint density at radius 3 is 2.97 bits per heavy atom. The molecule has 8 heteroatoms. The highest BCUT2D eigenvalue weighted by Crippen LogP contribution is 2.41. The van der Waals surface area contributed by atoms with Crippen molar-refractivity contribution < 1.29 is 5.11 Å². The molecule has 2 aromatic heterocycles. The smallest absolute Gasteiger partial charge is 0.142 e. The molecule has 0 amide bonds. The van der Waals surface area contributed by atoms with E-state index in [1.165, 1.54) is 23.1 Å². The summed E-state index contributed by atoms with van der Waals surface area (Å²) < 4.78 is 0. The van der Waals surface area contributed by atoms with Crippen LogP contribution in [0.3, 0.4) is 0 Å². The molecule has 1 fully saturated rings. The predicted octanol–water partition coefficient (Wildman–Crippen LogP) is 3.14. The molecule has 2 atom stereocenters. The highest BCUT2D eigenvalue weighted by Gasteiger charge is 2.33. The van der Waals surface area contributed by atoms with Crippen LogP contribution in [0.5, 0.6) is 0 Å². The third kappa shape index (κ3) is 3.27. The van der Waals surface area contributed by atoms with Crippen LogP contribution in [0.2, 0.25) is 0 Å². The van der Waals surface area contributed by atoms with Crippen molar-refractivity contribution in [1.82, 2.24) is 14.9 Å². The van der Waals surface area contributed by atoms with Crippen molar-refractivity contribution in [2.24, 2.45) is 5.92 Å². The molecule has 2 aliphatic rings. The van der Waals surface area contributed by atoms with E-state index in [4.69, 9.17) is 11.1 Å². The Morgan fingerprint density at radius 1 is 1.34 bits per heavy atom. The largest absolute Gasteiger partial charge is 0.398 e. The minimum atomic E-state index is -0.333. The van der Waals surface area contributed by atoms with Gasteiger partial charge in [0, 0.05) is 47.0 Å². The second kappa shape index (κ2) is 7.37. The summed E-state index contributed by atoms with van der Waals surface area (Å²) >= 11 is 1.72. The fourth-order valence-electron chi connectivity index (χ4n) is 4.30. The van der Waals surface area contributed by atoms with Crippen LogP contribution in [0.4, 0.5) is 17.2 Å². The zero-order chi connectivity index (χ0) is 20.0. The number of aliphatic hydroxyl groups excluding tert-OH is 1. The standard InChI is InChI=1S/C21H24N6OS/c22-10-13-8-14(3-5-16(13)23)26-19-18-15-4-2-12(21(28)27-6-1-7-27)9-17(15)29-20(18)25-11-24-19/h3,5,8,10-12,21-22,28H,1-2,4,6-7,9,23H2,(H,24,25,26)/t12-,21?/m0/s1. The normalized spacial score (nSPS) is 20.1. The lowest BCUT2D eigenvalue weighted by molar-refractivity contribution is -0.0744. The number of hydrogen-bond acceptors (Lipinski definition) is 8. The SMILES string of the molecule is N=Cc1cc(Nc2ncnc3sc4c(c23)CC[C@H](C(O)N2CCC2)C4)ccc1N. The van der Waals surface area contributed by atoms with Gasteiger partial charge in [-0.05, 0) is 49.4 Å². The molecule has 150 valence electrons. The summed E-state index contributed by atoms with van der Waals surface area (Å²) in [5.41, 5.74) is 9.32. The van der Waals surface area contributed by atoms with Gasteiger partial charge >= 0.3 is 0 Å². The number of nitrogens with one attached hydrogen (secondary N) is 2. The number of nitrogens with two attached hydrogens (primary N) is 1. The van der Waals surface area contributed by atoms with Crippen molar-refractivity contribution in [1.29, 1.82) is 5.41 Å². The monoisotopic (exact) mass is 408 g/mol. The average Bonchev–Trinajstić information content (AvgIpc) is 3.06. The van der Waals surface area contributed by atoms with Gasteiger partial charge in [-0.15, -0.1) is 11.3 Å². The Kier molecular flexibility index (Phi) is 4.69. The number of rotatable bonds is 5. The summed E-state index contributed by atoms with van der Waals surface area (Å²) in [6.45, 7) is 2.02. The van der Waals surface area contributed by atoms with E-state index in [-0.39, 0.29) is 12.1 Å². The first-order valence-corrected chi connectivity index (χ1v) is 10.8. The quantitative estimate of drug-likeness (QED) is 0.381. The van der Waals surface area contributed by atoms with Gasteiger partial charge < -0.3 is 21.6 Å². The number of anilines is 3. The van der Waals surface area contributed by atoms with Gasteiger partial charge in [0.1, 0.15) is 23.2 Å². The number of aryl methyl sites for hydroxylation is 1. The van der Waals surface area contributed by atoms with Crippen LogP contribution in [-0.4, -0.2) is 45.5 Å². The molecule has 0 radical (unpaired) electrons. The van der Waals surface area contributed by atoms with Gasteiger partial charge in [-0.25, -0.2) is 9.97 Å². The Labute approximate surface area is 173 Å². The van der Waals surface area contributed by atoms with E-state index in [9.17, 15) is 5.11 Å². The van der Waals surface area contributed by atoms with Crippen molar-refractivity contribution in [3.8, 4) is 0 Å². The fourth-order valence-corrected chi connectivity index (χ4v) is 5.58. The Morgan fingerprint density at radius 2 is 2.21 bits per heavy atom. The van der Waals surface area contributed by atoms with E-state index < -0.39 is 0 Å². The number of benzene rings is 1. The minimum absolute atomic E-state index is 0.285. The molecular formula is C21H24N6OS. The molecule has 1 aliphatic carbocycles. The summed E-state index contributed by atoms with van der Waals surface area (Å²) in [5, 5.41) is 22.7. The van der Waals surface area contributed by atoms with Crippen LogP contribution < -0.4 is 11.1 Å². The van der Waals surface area contributed by atoms with E-state index in [1.807, 2.05) is 12.1 Å². The van der Waals surface area contributed by atoms with E-state index in [0.29, 0.717) is 11.3 Å². The van der Waals surface area contributed by atoms with Gasteiger partial charge in [-0.2, -0.15) is 0 Å². The zero-order valence-corrected chi connectivity index (χ0v) is 16.9. The third-order valence-electron chi connectivity index (χ3n) is 6.07. The molecule has 3 heterocycles. The second-order valence-electron chi connectivity index (χ2n) is 7.83. The maximum Gasteiger partial charge on any atom is 0.142 e. The molecule has 0 spiro atoms. The molecule has 29 heavy (non-hydrogen) atoms. The van der Waals surface area contributed by atoms with Crippen molar-refractivity contribution >= 4 is 45.0 Å². The van der Waals surface area contributed by atoms with Gasteiger partial charge in [0.05, 0.1) is 5.39 Å². The fraction of sp³-hybridized carbons (Fsp3) is 0.381. The lowest BCUT2D eigenvalue weighted by Gasteiger charge is -2.40. The summed E-state index contributed by atoms with van der Waals surface area (Å²) in [6, 6.07) is 5.55. The van der Waals surface area contributed by atoms with Crippen LogP contribution >= 0.6 is 11.3 Å². The van der Waals surface area contributed by atoms with Gasteiger partial charge in [0.2, 0.25) is 0 Å². The van der Waals surface area contributed by atoms with Crippen LogP contribution in [-0.2, 0) is 12.8 Å². The zero-order valence-electron chi connectivity index (χ0n) is 16.1. The second-order valence-corrected chi connectivity index (χ2v) is 8.91. The first kappa shape index (κ1) is 18.5. The topological polar surface area (TPSA) is 111 Å². The summed E-state index contributed by atoms with van der Waals surface area (Å²) in [4.78, 5) is 13.5. The van der Waals surface area contributed by atoms with Crippen molar-refractivity contribution in [2.75, 3.05) is 24.1 Å². The van der Waals surface area contributed by atoms with Gasteiger partial charge in [0.25, 0.3) is 0 Å².